The van der Waals surface area contributed by atoms with E-state index in [1.165, 1.54) is 7.11 Å². The number of aromatic amines is 1. The molecule has 0 amide bonds. The molecule has 0 bridgehead atoms. The topological polar surface area (TPSA) is 81.3 Å². The summed E-state index contributed by atoms with van der Waals surface area (Å²) >= 11 is 9.17. The fraction of sp³-hybridized carbons (Fsp3) is 0.250. The van der Waals surface area contributed by atoms with Gasteiger partial charge in [0.15, 0.2) is 5.82 Å². The summed E-state index contributed by atoms with van der Waals surface area (Å²) in [7, 11) is 1.53. The highest BCUT2D eigenvalue weighted by molar-refractivity contribution is 7.98. The van der Waals surface area contributed by atoms with Crippen LogP contribution in [0.25, 0.3) is 21.3 Å². The number of thioether (sulfide) groups is 1. The van der Waals surface area contributed by atoms with Crippen LogP contribution in [0.2, 0.25) is 0 Å². The highest BCUT2D eigenvalue weighted by Gasteiger charge is 2.21. The number of benzene rings is 1. The summed E-state index contributed by atoms with van der Waals surface area (Å²) in [6.07, 6.45) is 3.74. The molecule has 0 aliphatic rings. The number of nitrogens with zero attached hydrogens (tertiary/aromatic N) is 1. The molecule has 0 spiro atoms. The van der Waals surface area contributed by atoms with Crippen LogP contribution < -0.4 is 5.56 Å². The predicted octanol–water partition coefficient (Wildman–Crippen LogP) is 4.56. The molecule has 3 rings (SSSR count). The van der Waals surface area contributed by atoms with Crippen molar-refractivity contribution < 1.29 is 14.3 Å². The van der Waals surface area contributed by atoms with Crippen LogP contribution in [0.5, 0.6) is 0 Å². The number of methoxy groups -OCH3 is 1. The summed E-state index contributed by atoms with van der Waals surface area (Å²) in [5.74, 6) is -0.252. The van der Waals surface area contributed by atoms with Crippen LogP contribution in [-0.2, 0) is 9.47 Å². The lowest BCUT2D eigenvalue weighted by Crippen LogP contribution is -2.11. The van der Waals surface area contributed by atoms with E-state index in [4.69, 9.17) is 21.1 Å². The Morgan fingerprint density at radius 2 is 2.03 bits per heavy atom. The number of hydrogen-bond donors (Lipinski definition) is 1. The first-order valence-electron chi connectivity index (χ1n) is 8.65. The van der Waals surface area contributed by atoms with E-state index in [0.717, 1.165) is 21.8 Å². The second kappa shape index (κ2) is 9.58. The van der Waals surface area contributed by atoms with Crippen LogP contribution in [0, 0.1) is 6.92 Å². The van der Waals surface area contributed by atoms with Crippen molar-refractivity contribution in [2.45, 2.75) is 11.8 Å². The number of esters is 1. The molecule has 6 nitrogen and oxygen atoms in total. The van der Waals surface area contributed by atoms with Gasteiger partial charge in [0.25, 0.3) is 5.56 Å². The van der Waals surface area contributed by atoms with Gasteiger partial charge >= 0.3 is 5.97 Å². The van der Waals surface area contributed by atoms with Gasteiger partial charge in [0.2, 0.25) is 0 Å². The second-order valence-corrected chi connectivity index (χ2v) is 8.33. The first kappa shape index (κ1) is 21.6. The van der Waals surface area contributed by atoms with E-state index in [-0.39, 0.29) is 18.0 Å². The quantitative estimate of drug-likeness (QED) is 0.323. The number of fused-ring (bicyclic) bond motifs is 1. The van der Waals surface area contributed by atoms with E-state index in [2.05, 4.69) is 9.97 Å². The normalized spacial score (nSPS) is 11.8. The van der Waals surface area contributed by atoms with Crippen molar-refractivity contribution in [3.8, 4) is 0 Å². The van der Waals surface area contributed by atoms with Gasteiger partial charge in [0, 0.05) is 12.0 Å². The first-order valence-corrected chi connectivity index (χ1v) is 11.1. The molecule has 0 aliphatic carbocycles. The Balaban J connectivity index is 1.95. The molecule has 0 aliphatic heterocycles. The largest absolute Gasteiger partial charge is 0.459 e. The Morgan fingerprint density at radius 1 is 1.31 bits per heavy atom. The summed E-state index contributed by atoms with van der Waals surface area (Å²) in [5.41, 5.74) is 1.08. The number of carbonyl (C=O) groups excluding carboxylic acids is 1. The highest BCUT2D eigenvalue weighted by atomic mass is 35.5. The minimum Gasteiger partial charge on any atom is -0.459 e. The van der Waals surface area contributed by atoms with Crippen LogP contribution in [0.4, 0.5) is 0 Å². The number of nitrogens with one attached hydrogen (secondary N) is 1. The van der Waals surface area contributed by atoms with Crippen molar-refractivity contribution >= 4 is 62.0 Å². The number of rotatable bonds is 7. The number of H-pyrrole nitrogens is 1. The second-order valence-electron chi connectivity index (χ2n) is 6.05. The minimum atomic E-state index is -0.501. The summed E-state index contributed by atoms with van der Waals surface area (Å²) in [6.45, 7) is 2.14. The zero-order valence-electron chi connectivity index (χ0n) is 16.1. The molecule has 29 heavy (non-hydrogen) atoms. The molecule has 0 saturated heterocycles. The lowest BCUT2D eigenvalue weighted by atomic mass is 10.2. The summed E-state index contributed by atoms with van der Waals surface area (Å²) in [5, 5.41) is 0.669. The number of thiophene rings is 1. The first-order chi connectivity index (χ1) is 13.9. The lowest BCUT2D eigenvalue weighted by molar-refractivity contribution is 0.0393. The van der Waals surface area contributed by atoms with E-state index in [0.29, 0.717) is 32.3 Å². The average Bonchev–Trinajstić information content (AvgIpc) is 3.05. The fourth-order valence-electron chi connectivity index (χ4n) is 2.65. The molecule has 0 unspecified atom stereocenters. The molecule has 0 radical (unpaired) electrons. The molecule has 1 aromatic carbocycles. The molecule has 2 aromatic heterocycles. The van der Waals surface area contributed by atoms with Crippen molar-refractivity contribution in [1.29, 1.82) is 0 Å². The van der Waals surface area contributed by atoms with Crippen LogP contribution in [0.1, 0.15) is 26.6 Å². The molecule has 0 saturated carbocycles. The van der Waals surface area contributed by atoms with Gasteiger partial charge < -0.3 is 14.5 Å². The standard InChI is InChI=1S/C20H19ClN2O4S2/c1-11-15-18(24)22-17(14(21)10-12-4-6-13(28-3)7-5-12)23-19(15)29-16(11)20(25)27-9-8-26-2/h4-7,10H,8-9H2,1-3H3,(H,22,23,24). The lowest BCUT2D eigenvalue weighted by Gasteiger charge is -2.02. The van der Waals surface area contributed by atoms with E-state index in [9.17, 15) is 9.59 Å². The molecular weight excluding hydrogens is 432 g/mol. The van der Waals surface area contributed by atoms with Gasteiger partial charge in [-0.1, -0.05) is 23.7 Å². The Hall–Kier alpha value is -2.13. The zero-order chi connectivity index (χ0) is 21.0. The van der Waals surface area contributed by atoms with E-state index < -0.39 is 5.97 Å². The van der Waals surface area contributed by atoms with E-state index in [1.807, 2.05) is 30.5 Å². The Labute approximate surface area is 180 Å². The van der Waals surface area contributed by atoms with Crippen LogP contribution >= 0.6 is 34.7 Å². The molecule has 1 N–H and O–H groups in total. The van der Waals surface area contributed by atoms with Gasteiger partial charge in [0.1, 0.15) is 16.3 Å². The summed E-state index contributed by atoms with van der Waals surface area (Å²) in [6, 6.07) is 7.86. The number of aromatic nitrogens is 2. The van der Waals surface area contributed by atoms with Gasteiger partial charge in [-0.2, -0.15) is 0 Å². The van der Waals surface area contributed by atoms with Gasteiger partial charge in [-0.05, 0) is 42.5 Å². The van der Waals surface area contributed by atoms with Crippen molar-refractivity contribution in [3.05, 3.63) is 56.4 Å². The monoisotopic (exact) mass is 450 g/mol. The minimum absolute atomic E-state index is 0.141. The van der Waals surface area contributed by atoms with Crippen molar-refractivity contribution in [2.24, 2.45) is 0 Å². The van der Waals surface area contributed by atoms with Crippen molar-refractivity contribution in [3.63, 3.8) is 0 Å². The third-order valence-corrected chi connectivity index (χ3v) is 6.34. The Bertz CT molecular complexity index is 1120. The molecule has 3 aromatic rings. The maximum Gasteiger partial charge on any atom is 0.348 e. The third-order valence-electron chi connectivity index (χ3n) is 4.14. The maximum atomic E-state index is 12.6. The van der Waals surface area contributed by atoms with Crippen molar-refractivity contribution in [2.75, 3.05) is 26.6 Å². The molecule has 152 valence electrons. The third kappa shape index (κ3) is 4.90. The average molecular weight is 451 g/mol. The van der Waals surface area contributed by atoms with E-state index >= 15 is 0 Å². The zero-order valence-corrected chi connectivity index (χ0v) is 18.5. The molecule has 2 heterocycles. The smallest absolute Gasteiger partial charge is 0.348 e. The maximum absolute atomic E-state index is 12.6. The van der Waals surface area contributed by atoms with Crippen molar-refractivity contribution in [1.82, 2.24) is 9.97 Å². The van der Waals surface area contributed by atoms with Crippen LogP contribution in [0.15, 0.2) is 34.0 Å². The SMILES string of the molecule is COCCOC(=O)c1sc2nc(C(Cl)=Cc3ccc(SC)cc3)[nH]c(=O)c2c1C. The van der Waals surface area contributed by atoms with E-state index in [1.54, 1.807) is 24.8 Å². The molecular formula is C20H19ClN2O4S2. The number of halogens is 1. The Morgan fingerprint density at radius 3 is 2.69 bits per heavy atom. The summed E-state index contributed by atoms with van der Waals surface area (Å²) < 4.78 is 10.0. The van der Waals surface area contributed by atoms with Gasteiger partial charge in [-0.3, -0.25) is 4.79 Å². The number of hydrogen-bond acceptors (Lipinski definition) is 7. The van der Waals surface area contributed by atoms with Gasteiger partial charge in [-0.15, -0.1) is 23.1 Å². The molecule has 0 fully saturated rings. The molecule has 9 heteroatoms. The number of aryl methyl sites for hydroxylation is 1. The summed E-state index contributed by atoms with van der Waals surface area (Å²) in [4.78, 5) is 34.0. The van der Waals surface area contributed by atoms with Crippen LogP contribution in [-0.4, -0.2) is 42.5 Å². The Kier molecular flexibility index (Phi) is 7.13. The predicted molar refractivity (Wildman–Crippen MR) is 119 cm³/mol. The number of carbonyl (C=O) groups is 1. The van der Waals surface area contributed by atoms with Gasteiger partial charge in [-0.25, -0.2) is 9.78 Å². The fourth-order valence-corrected chi connectivity index (χ4v) is 4.35. The highest BCUT2D eigenvalue weighted by Crippen LogP contribution is 2.29. The molecule has 0 atom stereocenters. The van der Waals surface area contributed by atoms with Gasteiger partial charge in [0.05, 0.1) is 17.0 Å². The van der Waals surface area contributed by atoms with Crippen LogP contribution in [0.3, 0.4) is 0 Å². The number of ether oxygens (including phenoxy) is 2.